The summed E-state index contributed by atoms with van der Waals surface area (Å²) >= 11 is 0. The second kappa shape index (κ2) is 2.69. The molecule has 0 bridgehead atoms. The molecular formula is C8H12NO2S+. The maximum Gasteiger partial charge on any atom is 0.290 e. The van der Waals surface area contributed by atoms with Gasteiger partial charge < -0.3 is 4.52 Å². The van der Waals surface area contributed by atoms with E-state index in [0.29, 0.717) is 10.9 Å². The van der Waals surface area contributed by atoms with E-state index in [4.69, 9.17) is 4.52 Å². The Morgan fingerprint density at radius 3 is 3.08 bits per heavy atom. The van der Waals surface area contributed by atoms with Crippen LogP contribution in [0.3, 0.4) is 0 Å². The van der Waals surface area contributed by atoms with E-state index in [0.717, 1.165) is 23.5 Å². The highest BCUT2D eigenvalue weighted by Gasteiger charge is 2.28. The van der Waals surface area contributed by atoms with Gasteiger partial charge in [-0.2, -0.15) is 4.74 Å². The highest BCUT2D eigenvalue weighted by atomic mass is 32.2. The fourth-order valence-corrected chi connectivity index (χ4v) is 2.95. The molecule has 4 heteroatoms. The topological polar surface area (TPSA) is 35.1 Å². The Morgan fingerprint density at radius 2 is 2.33 bits per heavy atom. The molecule has 0 radical (unpaired) electrons. The summed E-state index contributed by atoms with van der Waals surface area (Å²) in [5.41, 5.74) is 0.971. The van der Waals surface area contributed by atoms with E-state index in [1.165, 1.54) is 10.5 Å². The lowest BCUT2D eigenvalue weighted by Gasteiger charge is -2.06. The van der Waals surface area contributed by atoms with Crippen LogP contribution < -0.4 is 5.56 Å². The summed E-state index contributed by atoms with van der Waals surface area (Å²) in [5, 5.41) is 0. The summed E-state index contributed by atoms with van der Waals surface area (Å²) in [7, 11) is 2.05. The van der Waals surface area contributed by atoms with Gasteiger partial charge in [-0.05, 0) is 10.9 Å². The van der Waals surface area contributed by atoms with Gasteiger partial charge in [0.15, 0.2) is 5.76 Å². The summed E-state index contributed by atoms with van der Waals surface area (Å²) in [6.45, 7) is 0. The molecule has 1 aliphatic rings. The smallest absolute Gasteiger partial charge is 0.290 e. The van der Waals surface area contributed by atoms with Crippen LogP contribution in [-0.2, 0) is 30.1 Å². The second-order valence-electron chi connectivity index (χ2n) is 3.18. The van der Waals surface area contributed by atoms with Crippen molar-refractivity contribution in [2.45, 2.75) is 12.2 Å². The van der Waals surface area contributed by atoms with Gasteiger partial charge in [0.2, 0.25) is 0 Å². The van der Waals surface area contributed by atoms with Crippen molar-refractivity contribution in [2.75, 3.05) is 12.0 Å². The van der Waals surface area contributed by atoms with Gasteiger partial charge in [0.05, 0.1) is 12.7 Å². The number of hydrogen-bond acceptors (Lipinski definition) is 2. The van der Waals surface area contributed by atoms with Crippen LogP contribution in [0.1, 0.15) is 11.3 Å². The first-order valence-corrected chi connectivity index (χ1v) is 5.93. The van der Waals surface area contributed by atoms with Crippen LogP contribution in [-0.4, -0.2) is 16.7 Å². The summed E-state index contributed by atoms with van der Waals surface area (Å²) < 4.78 is 6.63. The Morgan fingerprint density at radius 1 is 1.58 bits per heavy atom. The van der Waals surface area contributed by atoms with Gasteiger partial charge in [0.25, 0.3) is 5.56 Å². The van der Waals surface area contributed by atoms with Crippen molar-refractivity contribution in [1.82, 2.24) is 4.74 Å². The molecule has 0 spiro atoms. The molecule has 1 aliphatic heterocycles. The van der Waals surface area contributed by atoms with Gasteiger partial charge in [-0.25, -0.2) is 0 Å². The number of nitrogens with zero attached hydrogens (tertiary/aromatic N) is 1. The Bertz CT molecular complexity index is 352. The van der Waals surface area contributed by atoms with Crippen LogP contribution in [0.5, 0.6) is 0 Å². The third-order valence-electron chi connectivity index (χ3n) is 2.20. The normalized spacial score (nSPS) is 22.3. The van der Waals surface area contributed by atoms with Crippen molar-refractivity contribution >= 4 is 10.9 Å². The highest BCUT2D eigenvalue weighted by Crippen LogP contribution is 2.17. The lowest BCUT2D eigenvalue weighted by atomic mass is 10.2. The molecule has 1 aromatic heterocycles. The largest absolute Gasteiger partial charge is 0.380 e. The van der Waals surface area contributed by atoms with E-state index in [1.54, 1.807) is 7.05 Å². The van der Waals surface area contributed by atoms with Crippen molar-refractivity contribution in [1.29, 1.82) is 0 Å². The van der Waals surface area contributed by atoms with Crippen molar-refractivity contribution in [3.8, 4) is 0 Å². The first-order chi connectivity index (χ1) is 5.68. The molecule has 0 saturated heterocycles. The van der Waals surface area contributed by atoms with Gasteiger partial charge in [0, 0.05) is 7.05 Å². The van der Waals surface area contributed by atoms with Gasteiger partial charge in [-0.1, -0.05) is 0 Å². The molecule has 1 unspecified atom stereocenters. The molecule has 0 amide bonds. The summed E-state index contributed by atoms with van der Waals surface area (Å²) in [6.07, 6.45) is 3.14. The second-order valence-corrected chi connectivity index (χ2v) is 5.44. The Balaban J connectivity index is 2.51. The minimum absolute atomic E-state index is 0.0593. The van der Waals surface area contributed by atoms with Crippen LogP contribution in [0.4, 0.5) is 0 Å². The van der Waals surface area contributed by atoms with E-state index in [-0.39, 0.29) is 5.56 Å². The Hall–Kier alpha value is -0.640. The quantitative estimate of drug-likeness (QED) is 0.546. The van der Waals surface area contributed by atoms with Gasteiger partial charge in [0.1, 0.15) is 17.1 Å². The standard InChI is InChI=1S/C8H12NO2S/c1-9-8(10)6-5-12(2)4-3-7(6)11-9/h3-5H2,1-2H3/q+1. The van der Waals surface area contributed by atoms with Gasteiger partial charge >= 0.3 is 0 Å². The van der Waals surface area contributed by atoms with E-state index in [1.807, 2.05) is 0 Å². The van der Waals surface area contributed by atoms with Crippen LogP contribution in [0.25, 0.3) is 0 Å². The minimum atomic E-state index is 0.0593. The summed E-state index contributed by atoms with van der Waals surface area (Å²) in [4.78, 5) is 11.4. The SMILES string of the molecule is Cn1oc2c(c1=O)C[S+](C)CC2. The highest BCUT2D eigenvalue weighted by molar-refractivity contribution is 7.95. The fraction of sp³-hybridized carbons (Fsp3) is 0.625. The predicted octanol–water partition coefficient (Wildman–Crippen LogP) is 0.282. The maximum atomic E-state index is 11.4. The molecule has 12 heavy (non-hydrogen) atoms. The van der Waals surface area contributed by atoms with E-state index < -0.39 is 0 Å². The van der Waals surface area contributed by atoms with Crippen molar-refractivity contribution in [2.24, 2.45) is 7.05 Å². The first kappa shape index (κ1) is 7.98. The van der Waals surface area contributed by atoms with Crippen LogP contribution in [0.2, 0.25) is 0 Å². The molecular weight excluding hydrogens is 174 g/mol. The Labute approximate surface area is 73.7 Å². The summed E-state index contributed by atoms with van der Waals surface area (Å²) in [5.74, 6) is 2.99. The zero-order valence-corrected chi connectivity index (χ0v) is 8.11. The molecule has 0 N–H and O–H groups in total. The molecule has 0 fully saturated rings. The number of aryl methyl sites for hydroxylation is 2. The fourth-order valence-electron chi connectivity index (χ4n) is 1.50. The Kier molecular flexibility index (Phi) is 1.79. The van der Waals surface area contributed by atoms with Crippen molar-refractivity contribution < 1.29 is 4.52 Å². The lowest BCUT2D eigenvalue weighted by molar-refractivity contribution is 0.277. The first-order valence-electron chi connectivity index (χ1n) is 3.95. The average Bonchev–Trinajstić information content (AvgIpc) is 2.31. The van der Waals surface area contributed by atoms with Crippen molar-refractivity contribution in [3.05, 3.63) is 21.7 Å². The lowest BCUT2D eigenvalue weighted by Crippen LogP contribution is -2.22. The van der Waals surface area contributed by atoms with Crippen molar-refractivity contribution in [3.63, 3.8) is 0 Å². The number of fused-ring (bicyclic) bond motifs is 1. The van der Waals surface area contributed by atoms with E-state index in [2.05, 4.69) is 6.26 Å². The molecule has 2 rings (SSSR count). The zero-order chi connectivity index (χ0) is 8.72. The maximum absolute atomic E-state index is 11.4. The minimum Gasteiger partial charge on any atom is -0.380 e. The molecule has 0 aliphatic carbocycles. The van der Waals surface area contributed by atoms with Crippen LogP contribution in [0.15, 0.2) is 9.32 Å². The summed E-state index contributed by atoms with van der Waals surface area (Å²) in [6, 6.07) is 0. The zero-order valence-electron chi connectivity index (χ0n) is 7.29. The monoisotopic (exact) mass is 186 g/mol. The molecule has 0 saturated carbocycles. The van der Waals surface area contributed by atoms with E-state index >= 15 is 0 Å². The number of rotatable bonds is 0. The van der Waals surface area contributed by atoms with Crippen LogP contribution >= 0.6 is 0 Å². The third-order valence-corrected chi connectivity index (χ3v) is 3.88. The van der Waals surface area contributed by atoms with Crippen LogP contribution in [0, 0.1) is 0 Å². The molecule has 3 nitrogen and oxygen atoms in total. The molecule has 66 valence electrons. The molecule has 2 heterocycles. The predicted molar refractivity (Wildman–Crippen MR) is 49.5 cm³/mol. The third kappa shape index (κ3) is 1.10. The number of aromatic nitrogens is 1. The number of hydrogen-bond donors (Lipinski definition) is 0. The van der Waals surface area contributed by atoms with Gasteiger partial charge in [-0.3, -0.25) is 4.79 Å². The van der Waals surface area contributed by atoms with E-state index in [9.17, 15) is 4.79 Å². The molecule has 0 aromatic carbocycles. The molecule has 1 aromatic rings. The molecule has 1 atom stereocenters. The van der Waals surface area contributed by atoms with Gasteiger partial charge in [-0.15, -0.1) is 0 Å². The average molecular weight is 186 g/mol.